The van der Waals surface area contributed by atoms with E-state index in [9.17, 15) is 4.79 Å². The molecule has 2 bridgehead atoms. The van der Waals surface area contributed by atoms with Crippen LogP contribution in [-0.2, 0) is 4.79 Å². The molecule has 0 saturated heterocycles. The molecule has 0 aromatic rings. The van der Waals surface area contributed by atoms with Crippen LogP contribution in [-0.4, -0.2) is 16.3 Å². The van der Waals surface area contributed by atoms with Gasteiger partial charge in [-0.15, -0.1) is 0 Å². The molecular formula is C9H10N2O. The number of carbonyl (C=O) groups is 1. The minimum atomic E-state index is 0.00894. The third-order valence-corrected chi connectivity index (χ3v) is 2.86. The zero-order chi connectivity index (χ0) is 8.72. The van der Waals surface area contributed by atoms with E-state index in [1.165, 1.54) is 0 Å². The predicted octanol–water partition coefficient (Wildman–Crippen LogP) is 1.21. The number of rotatable bonds is 0. The second-order valence-electron chi connectivity index (χ2n) is 3.52. The Hall–Kier alpha value is -1.21. The van der Waals surface area contributed by atoms with E-state index < -0.39 is 0 Å². The fourth-order valence-electron chi connectivity index (χ4n) is 2.08. The van der Waals surface area contributed by atoms with E-state index in [1.54, 1.807) is 0 Å². The van der Waals surface area contributed by atoms with Gasteiger partial charge in [0.15, 0.2) is 0 Å². The molecule has 2 atom stereocenters. The number of hydrogen-bond acceptors (Lipinski definition) is 1. The maximum atomic E-state index is 11.5. The van der Waals surface area contributed by atoms with E-state index in [1.807, 2.05) is 6.92 Å². The molecule has 3 nitrogen and oxygen atoms in total. The molecule has 0 spiro atoms. The normalized spacial score (nSPS) is 33.2. The maximum Gasteiger partial charge on any atom is 0.338 e. The fraction of sp³-hybridized carbons (Fsp3) is 0.556. The third kappa shape index (κ3) is 0.802. The van der Waals surface area contributed by atoms with Gasteiger partial charge in [-0.25, -0.2) is 0 Å². The Labute approximate surface area is 70.7 Å². The molecule has 62 valence electrons. The average molecular weight is 162 g/mol. The molecule has 3 heteroatoms. The molecular weight excluding hydrogens is 152 g/mol. The van der Waals surface area contributed by atoms with Crippen molar-refractivity contribution in [3.63, 3.8) is 0 Å². The molecule has 2 aliphatic carbocycles. The Morgan fingerprint density at radius 1 is 1.67 bits per heavy atom. The lowest BCUT2D eigenvalue weighted by atomic mass is 9.89. The van der Waals surface area contributed by atoms with Crippen LogP contribution < -0.4 is 0 Å². The van der Waals surface area contributed by atoms with Gasteiger partial charge in [-0.1, -0.05) is 11.6 Å². The summed E-state index contributed by atoms with van der Waals surface area (Å²) >= 11 is 0. The predicted molar refractivity (Wildman–Crippen MR) is 43.6 cm³/mol. The van der Waals surface area contributed by atoms with E-state index in [2.05, 4.69) is 10.9 Å². The fourth-order valence-corrected chi connectivity index (χ4v) is 2.08. The van der Waals surface area contributed by atoms with Crippen molar-refractivity contribution < 1.29 is 9.58 Å². The summed E-state index contributed by atoms with van der Waals surface area (Å²) in [5, 5.41) is 0. The molecule has 0 aromatic carbocycles. The van der Waals surface area contributed by atoms with Crippen LogP contribution in [0.2, 0.25) is 0 Å². The van der Waals surface area contributed by atoms with E-state index in [-0.39, 0.29) is 17.6 Å². The Kier molecular flexibility index (Phi) is 1.48. The van der Waals surface area contributed by atoms with Crippen LogP contribution in [0.4, 0.5) is 0 Å². The molecule has 2 rings (SSSR count). The van der Waals surface area contributed by atoms with Crippen molar-refractivity contribution in [1.29, 1.82) is 0 Å². The van der Waals surface area contributed by atoms with Gasteiger partial charge in [-0.3, -0.25) is 4.79 Å². The molecule has 1 saturated carbocycles. The topological polar surface area (TPSA) is 53.5 Å². The van der Waals surface area contributed by atoms with Crippen molar-refractivity contribution in [3.8, 4) is 0 Å². The minimum absolute atomic E-state index is 0.00894. The second kappa shape index (κ2) is 2.39. The van der Waals surface area contributed by atoms with E-state index >= 15 is 0 Å². The highest BCUT2D eigenvalue weighted by atomic mass is 16.1. The van der Waals surface area contributed by atoms with Crippen LogP contribution in [0.3, 0.4) is 0 Å². The maximum absolute atomic E-state index is 11.5. The lowest BCUT2D eigenvalue weighted by molar-refractivity contribution is -0.118. The van der Waals surface area contributed by atoms with Gasteiger partial charge in [-0.05, 0) is 19.8 Å². The minimum Gasteiger partial charge on any atom is -0.361 e. The summed E-state index contributed by atoms with van der Waals surface area (Å²) in [6, 6.07) is 0. The highest BCUT2D eigenvalue weighted by molar-refractivity contribution is 6.41. The molecule has 0 aromatic heterocycles. The summed E-state index contributed by atoms with van der Waals surface area (Å²) in [7, 11) is 0. The van der Waals surface area contributed by atoms with Crippen LogP contribution in [0.1, 0.15) is 19.8 Å². The van der Waals surface area contributed by atoms with Gasteiger partial charge < -0.3 is 5.53 Å². The van der Waals surface area contributed by atoms with E-state index in [0.717, 1.165) is 18.4 Å². The Morgan fingerprint density at radius 2 is 2.42 bits per heavy atom. The molecule has 2 aliphatic rings. The van der Waals surface area contributed by atoms with Gasteiger partial charge in [0.2, 0.25) is 5.78 Å². The Morgan fingerprint density at radius 3 is 3.00 bits per heavy atom. The highest BCUT2D eigenvalue weighted by Crippen LogP contribution is 2.37. The zero-order valence-electron chi connectivity index (χ0n) is 6.95. The van der Waals surface area contributed by atoms with Crippen molar-refractivity contribution in [1.82, 2.24) is 0 Å². The zero-order valence-corrected chi connectivity index (χ0v) is 6.95. The molecule has 0 amide bonds. The van der Waals surface area contributed by atoms with Gasteiger partial charge in [0.1, 0.15) is 0 Å². The first-order valence-electron chi connectivity index (χ1n) is 4.17. The number of hydrogen-bond donors (Lipinski definition) is 0. The van der Waals surface area contributed by atoms with Gasteiger partial charge >= 0.3 is 5.71 Å². The van der Waals surface area contributed by atoms with E-state index in [0.29, 0.717) is 5.71 Å². The summed E-state index contributed by atoms with van der Waals surface area (Å²) < 4.78 is 0. The molecule has 0 heterocycles. The monoisotopic (exact) mass is 162 g/mol. The van der Waals surface area contributed by atoms with Crippen LogP contribution in [0.5, 0.6) is 0 Å². The summed E-state index contributed by atoms with van der Waals surface area (Å²) in [6.45, 7) is 1.97. The molecule has 0 aliphatic heterocycles. The van der Waals surface area contributed by atoms with Gasteiger partial charge in [0, 0.05) is 0 Å². The SMILES string of the molecule is CC1=CCC2C[C@@H]1C(=O)C2=[N+]=[N-]. The molecule has 0 radical (unpaired) electrons. The van der Waals surface area contributed by atoms with Crippen LogP contribution in [0.15, 0.2) is 11.6 Å². The van der Waals surface area contributed by atoms with Crippen LogP contribution >= 0.6 is 0 Å². The Balaban J connectivity index is 2.46. The Bertz CT molecular complexity index is 323. The lowest BCUT2D eigenvalue weighted by Crippen LogP contribution is -2.16. The summed E-state index contributed by atoms with van der Waals surface area (Å²) in [6.07, 6.45) is 3.78. The van der Waals surface area contributed by atoms with Crippen molar-refractivity contribution in [2.24, 2.45) is 11.8 Å². The van der Waals surface area contributed by atoms with Crippen molar-refractivity contribution in [2.75, 3.05) is 0 Å². The number of nitrogens with zero attached hydrogens (tertiary/aromatic N) is 2. The third-order valence-electron chi connectivity index (χ3n) is 2.86. The number of fused-ring (bicyclic) bond motifs is 2. The largest absolute Gasteiger partial charge is 0.361 e. The number of allylic oxidation sites excluding steroid dienone is 2. The molecule has 1 fully saturated rings. The summed E-state index contributed by atoms with van der Waals surface area (Å²) in [4.78, 5) is 14.6. The average Bonchev–Trinajstić information content (AvgIpc) is 2.33. The first-order chi connectivity index (χ1) is 5.74. The summed E-state index contributed by atoms with van der Waals surface area (Å²) in [5.41, 5.74) is 10.1. The van der Waals surface area contributed by atoms with Crippen LogP contribution in [0.25, 0.3) is 5.53 Å². The van der Waals surface area contributed by atoms with Gasteiger partial charge in [0.05, 0.1) is 11.8 Å². The van der Waals surface area contributed by atoms with Crippen molar-refractivity contribution >= 4 is 11.5 Å². The number of ketones is 1. The first-order valence-corrected chi connectivity index (χ1v) is 4.17. The second-order valence-corrected chi connectivity index (χ2v) is 3.52. The first kappa shape index (κ1) is 7.44. The van der Waals surface area contributed by atoms with Gasteiger partial charge in [-0.2, -0.15) is 4.79 Å². The molecule has 12 heavy (non-hydrogen) atoms. The van der Waals surface area contributed by atoms with E-state index in [4.69, 9.17) is 5.53 Å². The van der Waals surface area contributed by atoms with Gasteiger partial charge in [0.25, 0.3) is 0 Å². The lowest BCUT2D eigenvalue weighted by Gasteiger charge is -2.12. The molecule has 0 N–H and O–H groups in total. The highest BCUT2D eigenvalue weighted by Gasteiger charge is 2.47. The van der Waals surface area contributed by atoms with Crippen LogP contribution in [0, 0.1) is 11.8 Å². The van der Waals surface area contributed by atoms with Crippen molar-refractivity contribution in [3.05, 3.63) is 17.2 Å². The molecule has 1 unspecified atom stereocenters. The summed E-state index contributed by atoms with van der Waals surface area (Å²) in [5.74, 6) is 0.208. The number of carbonyl (C=O) groups excluding carboxylic acids is 1. The standard InChI is InChI=1S/C9H10N2O/c1-5-2-3-6-4-7(5)9(12)8(6)11-10/h2,6-7H,3-4H2,1H3/t6?,7-/m0/s1. The quantitative estimate of drug-likeness (QED) is 0.300. The number of Topliss-reactive ketones (excluding diaryl/α,β-unsaturated/α-hetero) is 1. The van der Waals surface area contributed by atoms with Crippen molar-refractivity contribution in [2.45, 2.75) is 19.8 Å². The smallest absolute Gasteiger partial charge is 0.338 e.